The molecular formula is C15H16O4. The average Bonchev–Trinajstić information content (AvgIpc) is 2.62. The molecule has 4 nitrogen and oxygen atoms in total. The molecule has 1 heterocycles. The van der Waals surface area contributed by atoms with Gasteiger partial charge in [0.2, 0.25) is 5.78 Å². The van der Waals surface area contributed by atoms with E-state index in [1.807, 2.05) is 18.2 Å². The topological polar surface area (TPSA) is 52.6 Å². The fourth-order valence-electron chi connectivity index (χ4n) is 1.94. The molecule has 19 heavy (non-hydrogen) atoms. The van der Waals surface area contributed by atoms with Crippen molar-refractivity contribution >= 4 is 17.5 Å². The summed E-state index contributed by atoms with van der Waals surface area (Å²) < 4.78 is 10.6. The lowest BCUT2D eigenvalue weighted by molar-refractivity contribution is -0.140. The first-order chi connectivity index (χ1) is 8.97. The van der Waals surface area contributed by atoms with Gasteiger partial charge in [0.05, 0.1) is 6.61 Å². The smallest absolute Gasteiger partial charge is 0.345 e. The fourth-order valence-corrected chi connectivity index (χ4v) is 1.94. The third-order valence-electron chi connectivity index (χ3n) is 2.87. The van der Waals surface area contributed by atoms with Crippen LogP contribution in [-0.2, 0) is 19.1 Å². The van der Waals surface area contributed by atoms with E-state index in [1.54, 1.807) is 32.9 Å². The lowest BCUT2D eigenvalue weighted by Crippen LogP contribution is -2.31. The first-order valence-electron chi connectivity index (χ1n) is 6.18. The molecule has 0 unspecified atom stereocenters. The number of ketones is 1. The van der Waals surface area contributed by atoms with Crippen LogP contribution in [-0.4, -0.2) is 24.0 Å². The molecule has 0 saturated heterocycles. The molecule has 0 aromatic heterocycles. The Balaban J connectivity index is 2.51. The van der Waals surface area contributed by atoms with Crippen LogP contribution in [0.25, 0.3) is 5.76 Å². The molecule has 0 spiro atoms. The van der Waals surface area contributed by atoms with Gasteiger partial charge in [-0.15, -0.1) is 0 Å². The van der Waals surface area contributed by atoms with Gasteiger partial charge in [-0.2, -0.15) is 0 Å². The first-order valence-corrected chi connectivity index (χ1v) is 6.18. The quantitative estimate of drug-likeness (QED) is 0.618. The Morgan fingerprint density at radius 3 is 2.47 bits per heavy atom. The number of carbonyl (C=O) groups excluding carboxylic acids is 2. The second-order valence-corrected chi connectivity index (χ2v) is 4.73. The van der Waals surface area contributed by atoms with Gasteiger partial charge in [0, 0.05) is 5.56 Å². The molecule has 1 aliphatic rings. The van der Waals surface area contributed by atoms with Gasteiger partial charge in [-0.1, -0.05) is 30.3 Å². The van der Waals surface area contributed by atoms with E-state index in [-0.39, 0.29) is 18.0 Å². The van der Waals surface area contributed by atoms with E-state index in [4.69, 9.17) is 9.47 Å². The summed E-state index contributed by atoms with van der Waals surface area (Å²) in [6.45, 7) is 5.21. The SMILES string of the molecule is CCOC(=O)C1=C(c2ccccc2)OC(C)(C)C1=O. The van der Waals surface area contributed by atoms with Crippen molar-refractivity contribution in [2.75, 3.05) is 6.61 Å². The molecule has 0 saturated carbocycles. The molecule has 0 radical (unpaired) electrons. The summed E-state index contributed by atoms with van der Waals surface area (Å²) in [5.41, 5.74) is -0.338. The van der Waals surface area contributed by atoms with E-state index >= 15 is 0 Å². The summed E-state index contributed by atoms with van der Waals surface area (Å²) in [5.74, 6) is -0.671. The van der Waals surface area contributed by atoms with Crippen LogP contribution in [0.15, 0.2) is 35.9 Å². The van der Waals surface area contributed by atoms with Gasteiger partial charge in [0.15, 0.2) is 5.60 Å². The molecule has 4 heteroatoms. The van der Waals surface area contributed by atoms with Gasteiger partial charge < -0.3 is 9.47 Å². The van der Waals surface area contributed by atoms with E-state index in [0.717, 1.165) is 0 Å². The maximum absolute atomic E-state index is 12.2. The molecule has 100 valence electrons. The Hall–Kier alpha value is -2.10. The molecule has 0 fully saturated rings. The normalized spacial score (nSPS) is 17.3. The maximum Gasteiger partial charge on any atom is 0.345 e. The first kappa shape index (κ1) is 13.3. The molecule has 1 aromatic carbocycles. The Kier molecular flexibility index (Phi) is 3.42. The monoisotopic (exact) mass is 260 g/mol. The largest absolute Gasteiger partial charge is 0.478 e. The number of ether oxygens (including phenoxy) is 2. The van der Waals surface area contributed by atoms with Gasteiger partial charge >= 0.3 is 5.97 Å². The van der Waals surface area contributed by atoms with E-state index in [0.29, 0.717) is 11.3 Å². The van der Waals surface area contributed by atoms with Crippen LogP contribution >= 0.6 is 0 Å². The van der Waals surface area contributed by atoms with E-state index in [9.17, 15) is 9.59 Å². The van der Waals surface area contributed by atoms with Crippen molar-refractivity contribution in [3.63, 3.8) is 0 Å². The van der Waals surface area contributed by atoms with E-state index in [2.05, 4.69) is 0 Å². The minimum absolute atomic E-state index is 0.00181. The zero-order valence-corrected chi connectivity index (χ0v) is 11.2. The van der Waals surface area contributed by atoms with Crippen molar-refractivity contribution in [2.24, 2.45) is 0 Å². The molecule has 0 bridgehead atoms. The van der Waals surface area contributed by atoms with Crippen molar-refractivity contribution < 1.29 is 19.1 Å². The highest BCUT2D eigenvalue weighted by atomic mass is 16.5. The second kappa shape index (κ2) is 4.88. The molecular weight excluding hydrogens is 244 g/mol. The minimum atomic E-state index is -1.03. The molecule has 2 rings (SSSR count). The van der Waals surface area contributed by atoms with Crippen LogP contribution in [0.1, 0.15) is 26.3 Å². The standard InChI is InChI=1S/C15H16O4/c1-4-18-14(17)11-12(10-8-6-5-7-9-10)19-15(2,3)13(11)16/h5-9H,4H2,1-3H3. The highest BCUT2D eigenvalue weighted by Gasteiger charge is 2.45. The number of Topliss-reactive ketones (excluding diaryl/α,β-unsaturated/α-hetero) is 1. The Morgan fingerprint density at radius 1 is 1.26 bits per heavy atom. The minimum Gasteiger partial charge on any atom is -0.478 e. The van der Waals surface area contributed by atoms with Crippen LogP contribution in [0.4, 0.5) is 0 Å². The molecule has 0 aliphatic carbocycles. The zero-order valence-electron chi connectivity index (χ0n) is 11.2. The van der Waals surface area contributed by atoms with Crippen LogP contribution in [0.3, 0.4) is 0 Å². The van der Waals surface area contributed by atoms with Crippen molar-refractivity contribution in [1.82, 2.24) is 0 Å². The number of benzene rings is 1. The Morgan fingerprint density at radius 2 is 1.89 bits per heavy atom. The van der Waals surface area contributed by atoms with Gasteiger partial charge in [-0.05, 0) is 20.8 Å². The summed E-state index contributed by atoms with van der Waals surface area (Å²) in [5, 5.41) is 0. The second-order valence-electron chi connectivity index (χ2n) is 4.73. The summed E-state index contributed by atoms with van der Waals surface area (Å²) in [7, 11) is 0. The number of hydrogen-bond acceptors (Lipinski definition) is 4. The predicted molar refractivity (Wildman–Crippen MR) is 70.2 cm³/mol. The highest BCUT2D eigenvalue weighted by Crippen LogP contribution is 2.36. The molecule has 0 atom stereocenters. The van der Waals surface area contributed by atoms with Gasteiger partial charge in [0.1, 0.15) is 11.3 Å². The fraction of sp³-hybridized carbons (Fsp3) is 0.333. The van der Waals surface area contributed by atoms with Gasteiger partial charge in [0.25, 0.3) is 0 Å². The maximum atomic E-state index is 12.2. The van der Waals surface area contributed by atoms with Crippen LogP contribution < -0.4 is 0 Å². The summed E-state index contributed by atoms with van der Waals surface area (Å²) in [6.07, 6.45) is 0. The van der Waals surface area contributed by atoms with Crippen molar-refractivity contribution in [1.29, 1.82) is 0 Å². The Labute approximate surface area is 112 Å². The van der Waals surface area contributed by atoms with Crippen LogP contribution in [0.2, 0.25) is 0 Å². The van der Waals surface area contributed by atoms with Crippen LogP contribution in [0.5, 0.6) is 0 Å². The number of rotatable bonds is 3. The predicted octanol–water partition coefficient (Wildman–Crippen LogP) is 2.34. The lowest BCUT2D eigenvalue weighted by atomic mass is 9.98. The van der Waals surface area contributed by atoms with Crippen LogP contribution in [0, 0.1) is 0 Å². The van der Waals surface area contributed by atoms with Gasteiger partial charge in [-0.25, -0.2) is 4.79 Å². The average molecular weight is 260 g/mol. The molecule has 1 aromatic rings. The van der Waals surface area contributed by atoms with Crippen molar-refractivity contribution in [2.45, 2.75) is 26.4 Å². The number of carbonyl (C=O) groups is 2. The molecule has 0 N–H and O–H groups in total. The highest BCUT2D eigenvalue weighted by molar-refractivity contribution is 6.26. The lowest BCUT2D eigenvalue weighted by Gasteiger charge is -2.17. The Bertz CT molecular complexity index is 541. The number of hydrogen-bond donors (Lipinski definition) is 0. The van der Waals surface area contributed by atoms with Gasteiger partial charge in [-0.3, -0.25) is 4.79 Å². The third kappa shape index (κ3) is 2.38. The third-order valence-corrected chi connectivity index (χ3v) is 2.87. The van der Waals surface area contributed by atoms with Crippen molar-refractivity contribution in [3.8, 4) is 0 Å². The van der Waals surface area contributed by atoms with Crippen molar-refractivity contribution in [3.05, 3.63) is 41.5 Å². The summed E-state index contributed by atoms with van der Waals surface area (Å²) >= 11 is 0. The zero-order chi connectivity index (χ0) is 14.0. The summed E-state index contributed by atoms with van der Waals surface area (Å²) in [6, 6.07) is 9.09. The molecule has 1 aliphatic heterocycles. The summed E-state index contributed by atoms with van der Waals surface area (Å²) in [4.78, 5) is 24.2. The molecule has 0 amide bonds. The number of esters is 1. The van der Waals surface area contributed by atoms with E-state index in [1.165, 1.54) is 0 Å². The van der Waals surface area contributed by atoms with E-state index < -0.39 is 11.6 Å².